The number of thiophene rings is 1. The molecule has 2 aromatic rings. The third kappa shape index (κ3) is 2.32. The lowest BCUT2D eigenvalue weighted by atomic mass is 10.1. The van der Waals surface area contributed by atoms with Gasteiger partial charge in [-0.05, 0) is 24.6 Å². The quantitative estimate of drug-likeness (QED) is 0.856. The SMILES string of the molecule is Cc1cccc(-c2ccc(C(O)CN)s2)c1. The van der Waals surface area contributed by atoms with Crippen molar-refractivity contribution in [2.75, 3.05) is 6.54 Å². The average molecular weight is 233 g/mol. The van der Waals surface area contributed by atoms with Crippen molar-refractivity contribution in [1.82, 2.24) is 0 Å². The number of aryl methyl sites for hydroxylation is 1. The van der Waals surface area contributed by atoms with Crippen LogP contribution in [0.5, 0.6) is 0 Å². The van der Waals surface area contributed by atoms with Gasteiger partial charge >= 0.3 is 0 Å². The van der Waals surface area contributed by atoms with Gasteiger partial charge in [0.05, 0.1) is 0 Å². The van der Waals surface area contributed by atoms with Crippen LogP contribution < -0.4 is 5.73 Å². The molecule has 0 aliphatic carbocycles. The lowest BCUT2D eigenvalue weighted by Crippen LogP contribution is -2.09. The second-order valence-electron chi connectivity index (χ2n) is 3.82. The Bertz CT molecular complexity index is 478. The number of hydrogen-bond acceptors (Lipinski definition) is 3. The van der Waals surface area contributed by atoms with Gasteiger partial charge in [-0.15, -0.1) is 11.3 Å². The van der Waals surface area contributed by atoms with E-state index in [1.54, 1.807) is 11.3 Å². The summed E-state index contributed by atoms with van der Waals surface area (Å²) in [6.45, 7) is 2.35. The molecule has 2 nitrogen and oxygen atoms in total. The molecule has 0 fully saturated rings. The van der Waals surface area contributed by atoms with Crippen molar-refractivity contribution < 1.29 is 5.11 Å². The molecular formula is C13H15NOS. The van der Waals surface area contributed by atoms with E-state index in [-0.39, 0.29) is 6.54 Å². The fourth-order valence-corrected chi connectivity index (χ4v) is 2.60. The monoisotopic (exact) mass is 233 g/mol. The third-order valence-electron chi connectivity index (χ3n) is 2.48. The molecule has 84 valence electrons. The van der Waals surface area contributed by atoms with Crippen molar-refractivity contribution >= 4 is 11.3 Å². The van der Waals surface area contributed by atoms with Gasteiger partial charge in [0.1, 0.15) is 6.10 Å². The van der Waals surface area contributed by atoms with Crippen LogP contribution in [0.25, 0.3) is 10.4 Å². The largest absolute Gasteiger partial charge is 0.386 e. The molecule has 1 aromatic carbocycles. The van der Waals surface area contributed by atoms with Crippen LogP contribution in [-0.2, 0) is 0 Å². The predicted octanol–water partition coefficient (Wildman–Crippen LogP) is 2.72. The molecule has 16 heavy (non-hydrogen) atoms. The molecule has 1 unspecified atom stereocenters. The topological polar surface area (TPSA) is 46.2 Å². The fraction of sp³-hybridized carbons (Fsp3) is 0.231. The maximum absolute atomic E-state index is 9.63. The minimum absolute atomic E-state index is 0.272. The molecule has 0 saturated heterocycles. The van der Waals surface area contributed by atoms with Crippen molar-refractivity contribution in [2.24, 2.45) is 5.73 Å². The van der Waals surface area contributed by atoms with Crippen LogP contribution in [0.4, 0.5) is 0 Å². The molecule has 0 amide bonds. The van der Waals surface area contributed by atoms with E-state index < -0.39 is 6.10 Å². The Hall–Kier alpha value is -1.16. The van der Waals surface area contributed by atoms with E-state index in [0.29, 0.717) is 0 Å². The molecule has 2 rings (SSSR count). The number of rotatable bonds is 3. The molecule has 3 N–H and O–H groups in total. The summed E-state index contributed by atoms with van der Waals surface area (Å²) in [6.07, 6.45) is -0.538. The Kier molecular flexibility index (Phi) is 3.39. The van der Waals surface area contributed by atoms with E-state index in [0.717, 1.165) is 4.88 Å². The Labute approximate surface area is 99.4 Å². The molecule has 3 heteroatoms. The van der Waals surface area contributed by atoms with E-state index >= 15 is 0 Å². The predicted molar refractivity (Wildman–Crippen MR) is 68.5 cm³/mol. The lowest BCUT2D eigenvalue weighted by Gasteiger charge is -2.03. The summed E-state index contributed by atoms with van der Waals surface area (Å²) >= 11 is 1.60. The Morgan fingerprint density at radius 1 is 1.31 bits per heavy atom. The average Bonchev–Trinajstić information content (AvgIpc) is 2.77. The summed E-state index contributed by atoms with van der Waals surface area (Å²) in [5, 5.41) is 9.63. The lowest BCUT2D eigenvalue weighted by molar-refractivity contribution is 0.190. The zero-order valence-electron chi connectivity index (χ0n) is 9.18. The first-order chi connectivity index (χ1) is 7.70. The number of nitrogens with two attached hydrogens (primary N) is 1. The second kappa shape index (κ2) is 4.78. The van der Waals surface area contributed by atoms with E-state index in [4.69, 9.17) is 5.73 Å². The van der Waals surface area contributed by atoms with Gasteiger partial charge < -0.3 is 10.8 Å². The Balaban J connectivity index is 2.31. The van der Waals surface area contributed by atoms with Crippen LogP contribution in [0.15, 0.2) is 36.4 Å². The Morgan fingerprint density at radius 3 is 2.81 bits per heavy atom. The molecule has 0 bridgehead atoms. The van der Waals surface area contributed by atoms with Crippen molar-refractivity contribution in [3.8, 4) is 10.4 Å². The van der Waals surface area contributed by atoms with Gasteiger partial charge in [-0.2, -0.15) is 0 Å². The number of hydrogen-bond donors (Lipinski definition) is 2. The molecular weight excluding hydrogens is 218 g/mol. The van der Waals surface area contributed by atoms with Crippen LogP contribution in [0.3, 0.4) is 0 Å². The normalized spacial score (nSPS) is 12.7. The molecule has 1 heterocycles. The van der Waals surface area contributed by atoms with E-state index in [2.05, 4.69) is 25.1 Å². The van der Waals surface area contributed by atoms with Gasteiger partial charge in [-0.25, -0.2) is 0 Å². The van der Waals surface area contributed by atoms with Crippen LogP contribution >= 0.6 is 11.3 Å². The van der Waals surface area contributed by atoms with Gasteiger partial charge in [-0.1, -0.05) is 29.8 Å². The van der Waals surface area contributed by atoms with Crippen molar-refractivity contribution in [2.45, 2.75) is 13.0 Å². The van der Waals surface area contributed by atoms with Crippen LogP contribution in [0.2, 0.25) is 0 Å². The molecule has 0 saturated carbocycles. The standard InChI is InChI=1S/C13H15NOS/c1-9-3-2-4-10(7-9)12-5-6-13(16-12)11(15)8-14/h2-7,11,15H,8,14H2,1H3. The van der Waals surface area contributed by atoms with Gasteiger partial charge in [0.15, 0.2) is 0 Å². The highest BCUT2D eigenvalue weighted by atomic mass is 32.1. The third-order valence-corrected chi connectivity index (χ3v) is 3.72. The summed E-state index contributed by atoms with van der Waals surface area (Å²) < 4.78 is 0. The Morgan fingerprint density at radius 2 is 2.12 bits per heavy atom. The maximum atomic E-state index is 9.63. The van der Waals surface area contributed by atoms with Gasteiger partial charge in [0.25, 0.3) is 0 Å². The molecule has 1 atom stereocenters. The molecule has 0 aliphatic rings. The van der Waals surface area contributed by atoms with Gasteiger partial charge in [-0.3, -0.25) is 0 Å². The minimum Gasteiger partial charge on any atom is -0.386 e. The first kappa shape index (κ1) is 11.3. The first-order valence-electron chi connectivity index (χ1n) is 5.25. The zero-order valence-corrected chi connectivity index (χ0v) is 10.00. The number of aliphatic hydroxyl groups excluding tert-OH is 1. The van der Waals surface area contributed by atoms with Gasteiger partial charge in [0, 0.05) is 16.3 Å². The van der Waals surface area contributed by atoms with E-state index in [1.165, 1.54) is 16.0 Å². The molecule has 0 radical (unpaired) electrons. The second-order valence-corrected chi connectivity index (χ2v) is 4.94. The highest BCUT2D eigenvalue weighted by Gasteiger charge is 2.09. The zero-order chi connectivity index (χ0) is 11.5. The maximum Gasteiger partial charge on any atom is 0.100 e. The first-order valence-corrected chi connectivity index (χ1v) is 6.07. The smallest absolute Gasteiger partial charge is 0.100 e. The number of benzene rings is 1. The molecule has 0 spiro atoms. The molecule has 1 aromatic heterocycles. The summed E-state index contributed by atoms with van der Waals surface area (Å²) in [7, 11) is 0. The van der Waals surface area contributed by atoms with Crippen molar-refractivity contribution in [3.63, 3.8) is 0 Å². The highest BCUT2D eigenvalue weighted by Crippen LogP contribution is 2.31. The van der Waals surface area contributed by atoms with Crippen LogP contribution in [-0.4, -0.2) is 11.7 Å². The fourth-order valence-electron chi connectivity index (χ4n) is 1.60. The van der Waals surface area contributed by atoms with E-state index in [1.807, 2.05) is 18.2 Å². The summed E-state index contributed by atoms with van der Waals surface area (Å²) in [5.41, 5.74) is 7.87. The number of aliphatic hydroxyl groups is 1. The summed E-state index contributed by atoms with van der Waals surface area (Å²) in [4.78, 5) is 2.10. The molecule has 0 aliphatic heterocycles. The van der Waals surface area contributed by atoms with Crippen molar-refractivity contribution in [3.05, 3.63) is 46.8 Å². The van der Waals surface area contributed by atoms with Crippen LogP contribution in [0.1, 0.15) is 16.5 Å². The summed E-state index contributed by atoms with van der Waals surface area (Å²) in [5.74, 6) is 0. The van der Waals surface area contributed by atoms with Crippen molar-refractivity contribution in [1.29, 1.82) is 0 Å². The van der Waals surface area contributed by atoms with E-state index in [9.17, 15) is 5.11 Å². The van der Waals surface area contributed by atoms with Gasteiger partial charge in [0.2, 0.25) is 0 Å². The van der Waals surface area contributed by atoms with Crippen LogP contribution in [0, 0.1) is 6.92 Å². The highest BCUT2D eigenvalue weighted by molar-refractivity contribution is 7.15. The minimum atomic E-state index is -0.538. The summed E-state index contributed by atoms with van der Waals surface area (Å²) in [6, 6.07) is 12.3.